The quantitative estimate of drug-likeness (QED) is 0.704. The minimum absolute atomic E-state index is 0.00889. The van der Waals surface area contributed by atoms with E-state index >= 15 is 0 Å². The van der Waals surface area contributed by atoms with Gasteiger partial charge in [-0.2, -0.15) is 0 Å². The highest BCUT2D eigenvalue weighted by molar-refractivity contribution is 5.83. The fourth-order valence-electron chi connectivity index (χ4n) is 0.368. The van der Waals surface area contributed by atoms with Crippen LogP contribution < -0.4 is 5.32 Å². The minimum atomic E-state index is -0.568. The van der Waals surface area contributed by atoms with Crippen LogP contribution in [0.25, 0.3) is 0 Å². The van der Waals surface area contributed by atoms with Crippen LogP contribution in [0.1, 0.15) is 27.2 Å². The van der Waals surface area contributed by atoms with Crippen molar-refractivity contribution in [3.63, 3.8) is 0 Å². The first-order chi connectivity index (χ1) is 5.70. The molecule has 0 spiro atoms. The number of ketones is 1. The van der Waals surface area contributed by atoms with Crippen molar-refractivity contribution in [2.45, 2.75) is 27.2 Å². The van der Waals surface area contributed by atoms with Crippen LogP contribution in [0.3, 0.4) is 0 Å². The lowest BCUT2D eigenvalue weighted by Gasteiger charge is -1.99. The highest BCUT2D eigenvalue weighted by Gasteiger charge is 2.00. The highest BCUT2D eigenvalue weighted by atomic mass is 16.5. The number of ether oxygens (including phenoxy) is 1. The molecule has 0 aromatic heterocycles. The summed E-state index contributed by atoms with van der Waals surface area (Å²) in [5.41, 5.74) is 0. The number of nitrogens with one attached hydrogen (secondary N) is 1. The van der Waals surface area contributed by atoms with E-state index in [0.29, 0.717) is 6.42 Å². The van der Waals surface area contributed by atoms with Crippen LogP contribution in [0.15, 0.2) is 0 Å². The van der Waals surface area contributed by atoms with E-state index in [9.17, 15) is 9.59 Å². The Kier molecular flexibility index (Phi) is 11.2. The SMILES string of the molecule is CC.CCC(=O)CNC(=O)OC. The molecule has 4 heteroatoms. The Balaban J connectivity index is 0. The Labute approximate surface area is 73.3 Å². The molecule has 0 saturated carbocycles. The molecule has 0 fully saturated rings. The second kappa shape index (κ2) is 9.94. The van der Waals surface area contributed by atoms with Crippen molar-refractivity contribution in [1.82, 2.24) is 5.32 Å². The summed E-state index contributed by atoms with van der Waals surface area (Å²) in [5.74, 6) is -0.00889. The number of carbonyl (C=O) groups is 2. The lowest BCUT2D eigenvalue weighted by Crippen LogP contribution is -2.28. The van der Waals surface area contributed by atoms with Gasteiger partial charge in [0.05, 0.1) is 13.7 Å². The van der Waals surface area contributed by atoms with Crippen molar-refractivity contribution < 1.29 is 14.3 Å². The number of rotatable bonds is 3. The van der Waals surface area contributed by atoms with Crippen molar-refractivity contribution >= 4 is 11.9 Å². The number of methoxy groups -OCH3 is 1. The van der Waals surface area contributed by atoms with Crippen molar-refractivity contribution in [2.24, 2.45) is 0 Å². The third-order valence-corrected chi connectivity index (χ3v) is 1.01. The van der Waals surface area contributed by atoms with Crippen molar-refractivity contribution in [2.75, 3.05) is 13.7 Å². The first-order valence-corrected chi connectivity index (χ1v) is 4.04. The number of carbonyl (C=O) groups excluding carboxylic acids is 2. The number of hydrogen-bond donors (Lipinski definition) is 1. The van der Waals surface area contributed by atoms with Crippen LogP contribution >= 0.6 is 0 Å². The van der Waals surface area contributed by atoms with Crippen molar-refractivity contribution in [3.05, 3.63) is 0 Å². The molecule has 1 amide bonds. The fraction of sp³-hybridized carbons (Fsp3) is 0.750. The Bertz CT molecular complexity index is 118. The molecular formula is C8H17NO3. The molecule has 4 nitrogen and oxygen atoms in total. The molecule has 0 aliphatic heterocycles. The van der Waals surface area contributed by atoms with Crippen LogP contribution in [0, 0.1) is 0 Å². The first-order valence-electron chi connectivity index (χ1n) is 4.04. The Morgan fingerprint density at radius 3 is 2.17 bits per heavy atom. The van der Waals surface area contributed by atoms with Gasteiger partial charge >= 0.3 is 6.09 Å². The largest absolute Gasteiger partial charge is 0.453 e. The summed E-state index contributed by atoms with van der Waals surface area (Å²) in [7, 11) is 1.26. The maximum atomic E-state index is 10.6. The van der Waals surface area contributed by atoms with Gasteiger partial charge in [0.15, 0.2) is 5.78 Å². The van der Waals surface area contributed by atoms with Gasteiger partial charge < -0.3 is 10.1 Å². The average Bonchev–Trinajstić information content (AvgIpc) is 2.16. The number of amides is 1. The fourth-order valence-corrected chi connectivity index (χ4v) is 0.368. The smallest absolute Gasteiger partial charge is 0.407 e. The summed E-state index contributed by atoms with van der Waals surface area (Å²) in [6.45, 7) is 5.80. The number of hydrogen-bond acceptors (Lipinski definition) is 3. The molecule has 0 aliphatic carbocycles. The lowest BCUT2D eigenvalue weighted by molar-refractivity contribution is -0.117. The molecular weight excluding hydrogens is 158 g/mol. The first kappa shape index (κ1) is 13.5. The zero-order chi connectivity index (χ0) is 9.98. The van der Waals surface area contributed by atoms with Gasteiger partial charge in [0.2, 0.25) is 0 Å². The lowest BCUT2D eigenvalue weighted by atomic mass is 10.3. The number of alkyl carbamates (subject to hydrolysis) is 1. The predicted molar refractivity (Wildman–Crippen MR) is 47.1 cm³/mol. The molecule has 0 rings (SSSR count). The Hall–Kier alpha value is -1.06. The van der Waals surface area contributed by atoms with Gasteiger partial charge in [0.1, 0.15) is 0 Å². The second-order valence-electron chi connectivity index (χ2n) is 1.74. The van der Waals surface area contributed by atoms with Crippen molar-refractivity contribution in [3.8, 4) is 0 Å². The molecule has 72 valence electrons. The summed E-state index contributed by atoms with van der Waals surface area (Å²) in [4.78, 5) is 20.9. The molecule has 0 saturated heterocycles. The van der Waals surface area contributed by atoms with E-state index in [1.807, 2.05) is 13.8 Å². The normalized spacial score (nSPS) is 7.67. The molecule has 12 heavy (non-hydrogen) atoms. The summed E-state index contributed by atoms with van der Waals surface area (Å²) in [6, 6.07) is 0. The van der Waals surface area contributed by atoms with Gasteiger partial charge in [-0.05, 0) is 0 Å². The van der Waals surface area contributed by atoms with E-state index in [1.165, 1.54) is 7.11 Å². The molecule has 0 aromatic rings. The maximum Gasteiger partial charge on any atom is 0.407 e. The summed E-state index contributed by atoms with van der Waals surface area (Å²) < 4.78 is 4.24. The predicted octanol–water partition coefficient (Wildman–Crippen LogP) is 1.35. The molecule has 0 heterocycles. The zero-order valence-corrected chi connectivity index (χ0v) is 8.14. The Morgan fingerprint density at radius 1 is 1.33 bits per heavy atom. The van der Waals surface area contributed by atoms with Gasteiger partial charge in [-0.15, -0.1) is 0 Å². The summed E-state index contributed by atoms with van der Waals surface area (Å²) in [5, 5.41) is 2.27. The van der Waals surface area contributed by atoms with E-state index in [0.717, 1.165) is 0 Å². The highest BCUT2D eigenvalue weighted by Crippen LogP contribution is 1.78. The van der Waals surface area contributed by atoms with E-state index in [1.54, 1.807) is 6.92 Å². The molecule has 0 radical (unpaired) electrons. The number of Topliss-reactive ketones (excluding diaryl/α,β-unsaturated/α-hetero) is 1. The van der Waals surface area contributed by atoms with E-state index in [4.69, 9.17) is 0 Å². The minimum Gasteiger partial charge on any atom is -0.453 e. The molecule has 0 atom stereocenters. The van der Waals surface area contributed by atoms with Crippen LogP contribution in [-0.4, -0.2) is 25.5 Å². The van der Waals surface area contributed by atoms with Crippen LogP contribution in [0.4, 0.5) is 4.79 Å². The standard InChI is InChI=1S/C6H11NO3.C2H6/c1-3-5(8)4-7-6(9)10-2;1-2/h3-4H2,1-2H3,(H,7,9);1-2H3. The van der Waals surface area contributed by atoms with Crippen molar-refractivity contribution in [1.29, 1.82) is 0 Å². The zero-order valence-electron chi connectivity index (χ0n) is 8.14. The van der Waals surface area contributed by atoms with Gasteiger partial charge in [-0.1, -0.05) is 20.8 Å². The molecule has 1 N–H and O–H groups in total. The Morgan fingerprint density at radius 2 is 1.83 bits per heavy atom. The van der Waals surface area contributed by atoms with E-state index < -0.39 is 6.09 Å². The van der Waals surface area contributed by atoms with E-state index in [2.05, 4.69) is 10.1 Å². The van der Waals surface area contributed by atoms with Gasteiger partial charge in [0, 0.05) is 6.42 Å². The van der Waals surface area contributed by atoms with Crippen LogP contribution in [0.2, 0.25) is 0 Å². The van der Waals surface area contributed by atoms with Gasteiger partial charge in [-0.25, -0.2) is 4.79 Å². The monoisotopic (exact) mass is 175 g/mol. The summed E-state index contributed by atoms with van der Waals surface area (Å²) in [6.07, 6.45) is -0.133. The van der Waals surface area contributed by atoms with Gasteiger partial charge in [-0.3, -0.25) is 4.79 Å². The molecule has 0 bridgehead atoms. The third-order valence-electron chi connectivity index (χ3n) is 1.01. The topological polar surface area (TPSA) is 55.4 Å². The van der Waals surface area contributed by atoms with Crippen LogP contribution in [-0.2, 0) is 9.53 Å². The molecule has 0 aliphatic rings. The average molecular weight is 175 g/mol. The maximum absolute atomic E-state index is 10.6. The molecule has 0 aromatic carbocycles. The van der Waals surface area contributed by atoms with E-state index in [-0.39, 0.29) is 12.3 Å². The second-order valence-corrected chi connectivity index (χ2v) is 1.74. The third kappa shape index (κ3) is 8.94. The van der Waals surface area contributed by atoms with Crippen LogP contribution in [0.5, 0.6) is 0 Å². The summed E-state index contributed by atoms with van der Waals surface area (Å²) >= 11 is 0. The van der Waals surface area contributed by atoms with Gasteiger partial charge in [0.25, 0.3) is 0 Å². The molecule has 0 unspecified atom stereocenters.